The SMILES string of the molecule is CCN(C)C(=O)C(C)NC(C)c1cccc(F)c1F. The molecule has 0 aliphatic carbocycles. The van der Waals surface area contributed by atoms with E-state index in [2.05, 4.69) is 5.32 Å². The van der Waals surface area contributed by atoms with Gasteiger partial charge in [-0.25, -0.2) is 8.78 Å². The summed E-state index contributed by atoms with van der Waals surface area (Å²) in [7, 11) is 1.70. The molecule has 2 atom stereocenters. The fraction of sp³-hybridized carbons (Fsp3) is 0.500. The minimum atomic E-state index is -0.879. The number of nitrogens with zero attached hydrogens (tertiary/aromatic N) is 1. The lowest BCUT2D eigenvalue weighted by molar-refractivity contribution is -0.131. The van der Waals surface area contributed by atoms with Crippen LogP contribution in [-0.4, -0.2) is 30.4 Å². The molecule has 3 nitrogen and oxygen atoms in total. The van der Waals surface area contributed by atoms with E-state index >= 15 is 0 Å². The Morgan fingerprint density at radius 3 is 2.58 bits per heavy atom. The second-order valence-corrected chi connectivity index (χ2v) is 4.61. The molecule has 0 aliphatic rings. The number of nitrogens with one attached hydrogen (secondary N) is 1. The highest BCUT2D eigenvalue weighted by Crippen LogP contribution is 2.19. The van der Waals surface area contributed by atoms with E-state index in [4.69, 9.17) is 0 Å². The van der Waals surface area contributed by atoms with Crippen molar-refractivity contribution in [1.29, 1.82) is 0 Å². The number of hydrogen-bond acceptors (Lipinski definition) is 2. The molecule has 0 spiro atoms. The zero-order chi connectivity index (χ0) is 14.6. The molecule has 0 radical (unpaired) electrons. The number of carbonyl (C=O) groups is 1. The van der Waals surface area contributed by atoms with E-state index in [-0.39, 0.29) is 11.5 Å². The number of rotatable bonds is 5. The van der Waals surface area contributed by atoms with Crippen LogP contribution in [0.15, 0.2) is 18.2 Å². The van der Waals surface area contributed by atoms with Gasteiger partial charge in [-0.05, 0) is 26.8 Å². The molecule has 2 unspecified atom stereocenters. The van der Waals surface area contributed by atoms with Crippen molar-refractivity contribution in [3.63, 3.8) is 0 Å². The highest BCUT2D eigenvalue weighted by atomic mass is 19.2. The van der Waals surface area contributed by atoms with Gasteiger partial charge in [0.1, 0.15) is 0 Å². The van der Waals surface area contributed by atoms with Crippen LogP contribution in [0.1, 0.15) is 32.4 Å². The average Bonchev–Trinajstić information content (AvgIpc) is 2.39. The van der Waals surface area contributed by atoms with Crippen molar-refractivity contribution in [3.8, 4) is 0 Å². The van der Waals surface area contributed by atoms with Crippen molar-refractivity contribution in [2.45, 2.75) is 32.9 Å². The van der Waals surface area contributed by atoms with E-state index in [1.165, 1.54) is 12.1 Å². The number of carbonyl (C=O) groups excluding carboxylic acids is 1. The van der Waals surface area contributed by atoms with Gasteiger partial charge in [0.2, 0.25) is 5.91 Å². The number of halogens is 2. The summed E-state index contributed by atoms with van der Waals surface area (Å²) in [5, 5.41) is 2.98. The predicted octanol–water partition coefficient (Wildman–Crippen LogP) is 2.48. The molecular formula is C14H20F2N2O. The van der Waals surface area contributed by atoms with Crippen molar-refractivity contribution in [1.82, 2.24) is 10.2 Å². The topological polar surface area (TPSA) is 32.3 Å². The minimum Gasteiger partial charge on any atom is -0.345 e. The standard InChI is InChI=1S/C14H20F2N2O/c1-5-18(4)14(19)10(3)17-9(2)11-7-6-8-12(15)13(11)16/h6-10,17H,5H2,1-4H3. The van der Waals surface area contributed by atoms with Crippen LogP contribution >= 0.6 is 0 Å². The summed E-state index contributed by atoms with van der Waals surface area (Å²) in [6, 6.07) is 3.14. The third-order valence-electron chi connectivity index (χ3n) is 3.17. The minimum absolute atomic E-state index is 0.0776. The van der Waals surface area contributed by atoms with Crippen LogP contribution in [0.25, 0.3) is 0 Å². The Bertz CT molecular complexity index is 451. The second-order valence-electron chi connectivity index (χ2n) is 4.61. The van der Waals surface area contributed by atoms with Crippen molar-refractivity contribution in [2.24, 2.45) is 0 Å². The Hall–Kier alpha value is -1.49. The van der Waals surface area contributed by atoms with Crippen molar-refractivity contribution < 1.29 is 13.6 Å². The van der Waals surface area contributed by atoms with E-state index in [9.17, 15) is 13.6 Å². The van der Waals surface area contributed by atoms with Gasteiger partial charge in [0, 0.05) is 25.2 Å². The van der Waals surface area contributed by atoms with Crippen LogP contribution in [-0.2, 0) is 4.79 Å². The Balaban J connectivity index is 2.77. The first-order valence-electron chi connectivity index (χ1n) is 6.33. The molecule has 5 heteroatoms. The molecule has 1 amide bonds. The summed E-state index contributed by atoms with van der Waals surface area (Å²) >= 11 is 0. The Morgan fingerprint density at radius 2 is 2.00 bits per heavy atom. The van der Waals surface area contributed by atoms with Crippen LogP contribution in [0, 0.1) is 11.6 Å². The van der Waals surface area contributed by atoms with E-state index < -0.39 is 23.7 Å². The molecule has 0 aliphatic heterocycles. The number of benzene rings is 1. The largest absolute Gasteiger partial charge is 0.345 e. The van der Waals surface area contributed by atoms with Crippen molar-refractivity contribution in [3.05, 3.63) is 35.4 Å². The lowest BCUT2D eigenvalue weighted by atomic mass is 10.1. The monoisotopic (exact) mass is 270 g/mol. The second kappa shape index (κ2) is 6.61. The normalized spacial score (nSPS) is 14.0. The Labute approximate surface area is 112 Å². The molecular weight excluding hydrogens is 250 g/mol. The lowest BCUT2D eigenvalue weighted by Crippen LogP contribution is -2.44. The summed E-state index contributed by atoms with van der Waals surface area (Å²) in [4.78, 5) is 13.5. The maximum Gasteiger partial charge on any atom is 0.239 e. The number of amides is 1. The van der Waals surface area contributed by atoms with Crippen LogP contribution in [0.3, 0.4) is 0 Å². The fourth-order valence-corrected chi connectivity index (χ4v) is 1.88. The first-order chi connectivity index (χ1) is 8.88. The summed E-state index contributed by atoms with van der Waals surface area (Å²) in [5.74, 6) is -1.83. The van der Waals surface area contributed by atoms with E-state index in [1.807, 2.05) is 6.92 Å². The van der Waals surface area contributed by atoms with Crippen LogP contribution in [0.4, 0.5) is 8.78 Å². The van der Waals surface area contributed by atoms with Gasteiger partial charge in [-0.15, -0.1) is 0 Å². The number of likely N-dealkylation sites (N-methyl/N-ethyl adjacent to an activating group) is 1. The third-order valence-corrected chi connectivity index (χ3v) is 3.17. The van der Waals surface area contributed by atoms with Gasteiger partial charge in [-0.2, -0.15) is 0 Å². The molecule has 1 aromatic rings. The predicted molar refractivity (Wildman–Crippen MR) is 70.7 cm³/mol. The first kappa shape index (κ1) is 15.6. The molecule has 106 valence electrons. The van der Waals surface area contributed by atoms with Gasteiger partial charge in [0.15, 0.2) is 11.6 Å². The summed E-state index contributed by atoms with van der Waals surface area (Å²) in [6.07, 6.45) is 0. The van der Waals surface area contributed by atoms with Crippen LogP contribution < -0.4 is 5.32 Å². The molecule has 1 aromatic carbocycles. The molecule has 0 heterocycles. The molecule has 0 saturated heterocycles. The Morgan fingerprint density at radius 1 is 1.37 bits per heavy atom. The van der Waals surface area contributed by atoms with E-state index in [1.54, 1.807) is 25.8 Å². The van der Waals surface area contributed by atoms with Crippen molar-refractivity contribution in [2.75, 3.05) is 13.6 Å². The first-order valence-corrected chi connectivity index (χ1v) is 6.33. The molecule has 1 N–H and O–H groups in total. The molecule has 0 saturated carbocycles. The number of hydrogen-bond donors (Lipinski definition) is 1. The molecule has 0 bridgehead atoms. The van der Waals surface area contributed by atoms with E-state index in [0.29, 0.717) is 6.54 Å². The highest BCUT2D eigenvalue weighted by molar-refractivity contribution is 5.81. The highest BCUT2D eigenvalue weighted by Gasteiger charge is 2.21. The maximum atomic E-state index is 13.6. The van der Waals surface area contributed by atoms with Gasteiger partial charge < -0.3 is 4.90 Å². The van der Waals surface area contributed by atoms with Crippen LogP contribution in [0.2, 0.25) is 0 Å². The third kappa shape index (κ3) is 3.73. The summed E-state index contributed by atoms with van der Waals surface area (Å²) < 4.78 is 26.8. The zero-order valence-electron chi connectivity index (χ0n) is 11.7. The zero-order valence-corrected chi connectivity index (χ0v) is 11.7. The van der Waals surface area contributed by atoms with Gasteiger partial charge in [-0.1, -0.05) is 12.1 Å². The molecule has 0 aromatic heterocycles. The quantitative estimate of drug-likeness (QED) is 0.891. The summed E-state index contributed by atoms with van der Waals surface area (Å²) in [5.41, 5.74) is 0.221. The van der Waals surface area contributed by atoms with Crippen molar-refractivity contribution >= 4 is 5.91 Å². The molecule has 19 heavy (non-hydrogen) atoms. The summed E-state index contributed by atoms with van der Waals surface area (Å²) in [6.45, 7) is 5.89. The van der Waals surface area contributed by atoms with Gasteiger partial charge in [-0.3, -0.25) is 10.1 Å². The Kier molecular flexibility index (Phi) is 5.42. The van der Waals surface area contributed by atoms with E-state index in [0.717, 1.165) is 6.07 Å². The smallest absolute Gasteiger partial charge is 0.239 e. The van der Waals surface area contributed by atoms with Gasteiger partial charge in [0.05, 0.1) is 6.04 Å². The fourth-order valence-electron chi connectivity index (χ4n) is 1.88. The maximum absolute atomic E-state index is 13.6. The lowest BCUT2D eigenvalue weighted by Gasteiger charge is -2.24. The average molecular weight is 270 g/mol. The van der Waals surface area contributed by atoms with Gasteiger partial charge >= 0.3 is 0 Å². The van der Waals surface area contributed by atoms with Crippen LogP contribution in [0.5, 0.6) is 0 Å². The van der Waals surface area contributed by atoms with Gasteiger partial charge in [0.25, 0.3) is 0 Å². The molecule has 1 rings (SSSR count). The molecule has 0 fully saturated rings.